The summed E-state index contributed by atoms with van der Waals surface area (Å²) in [6.45, 7) is 3.17. The number of esters is 1. The molecule has 1 aliphatic rings. The minimum Gasteiger partial charge on any atom is -0.459 e. The van der Waals surface area contributed by atoms with E-state index < -0.39 is 5.54 Å². The minimum atomic E-state index is -0.477. The van der Waals surface area contributed by atoms with E-state index in [9.17, 15) is 4.79 Å². The molecule has 0 aliphatic carbocycles. The highest BCUT2D eigenvalue weighted by molar-refractivity contribution is 5.85. The summed E-state index contributed by atoms with van der Waals surface area (Å²) in [4.78, 5) is 11.9. The maximum absolute atomic E-state index is 11.9. The molecule has 1 N–H and O–H groups in total. The van der Waals surface area contributed by atoms with Crippen molar-refractivity contribution in [2.45, 2.75) is 31.9 Å². The van der Waals surface area contributed by atoms with Crippen LogP contribution in [0, 0.1) is 0 Å². The minimum absolute atomic E-state index is 0. The average molecular weight is 256 g/mol. The van der Waals surface area contributed by atoms with Crippen molar-refractivity contribution in [2.75, 3.05) is 6.54 Å². The van der Waals surface area contributed by atoms with Gasteiger partial charge in [-0.2, -0.15) is 0 Å². The highest BCUT2D eigenvalue weighted by Gasteiger charge is 2.37. The van der Waals surface area contributed by atoms with Gasteiger partial charge in [-0.1, -0.05) is 30.3 Å². The second-order valence-electron chi connectivity index (χ2n) is 4.42. The highest BCUT2D eigenvalue weighted by atomic mass is 35.5. The van der Waals surface area contributed by atoms with Crippen molar-refractivity contribution in [1.82, 2.24) is 5.32 Å². The maximum atomic E-state index is 11.9. The number of hydrogen-bond donors (Lipinski definition) is 1. The fourth-order valence-electron chi connectivity index (χ4n) is 1.95. The first-order chi connectivity index (χ1) is 7.71. The van der Waals surface area contributed by atoms with E-state index in [4.69, 9.17) is 4.74 Å². The maximum Gasteiger partial charge on any atom is 0.326 e. The molecule has 17 heavy (non-hydrogen) atoms. The van der Waals surface area contributed by atoms with E-state index in [1.807, 2.05) is 37.3 Å². The van der Waals surface area contributed by atoms with Crippen molar-refractivity contribution in [1.29, 1.82) is 0 Å². The summed E-state index contributed by atoms with van der Waals surface area (Å²) in [5, 5.41) is 3.19. The zero-order chi connectivity index (χ0) is 11.4. The molecular formula is C13H18ClNO2. The van der Waals surface area contributed by atoms with Crippen molar-refractivity contribution in [3.8, 4) is 0 Å². The number of carbonyl (C=O) groups is 1. The normalized spacial score (nSPS) is 22.9. The van der Waals surface area contributed by atoms with Crippen molar-refractivity contribution in [3.05, 3.63) is 35.9 Å². The monoisotopic (exact) mass is 255 g/mol. The van der Waals surface area contributed by atoms with Crippen LogP contribution in [0.4, 0.5) is 0 Å². The van der Waals surface area contributed by atoms with Crippen molar-refractivity contribution >= 4 is 18.4 Å². The van der Waals surface area contributed by atoms with Crippen LogP contribution < -0.4 is 5.32 Å². The molecule has 0 spiro atoms. The van der Waals surface area contributed by atoms with Crippen LogP contribution in [0.2, 0.25) is 0 Å². The van der Waals surface area contributed by atoms with Gasteiger partial charge < -0.3 is 10.1 Å². The summed E-state index contributed by atoms with van der Waals surface area (Å²) < 4.78 is 5.31. The fourth-order valence-corrected chi connectivity index (χ4v) is 1.95. The van der Waals surface area contributed by atoms with Gasteiger partial charge in [-0.05, 0) is 31.9 Å². The lowest BCUT2D eigenvalue weighted by Gasteiger charge is -2.21. The quantitative estimate of drug-likeness (QED) is 0.843. The lowest BCUT2D eigenvalue weighted by Crippen LogP contribution is -2.45. The average Bonchev–Trinajstić information content (AvgIpc) is 2.76. The number of benzene rings is 1. The lowest BCUT2D eigenvalue weighted by atomic mass is 10.0. The van der Waals surface area contributed by atoms with E-state index in [1.54, 1.807) is 0 Å². The van der Waals surface area contributed by atoms with Gasteiger partial charge in [-0.3, -0.25) is 4.79 Å². The number of nitrogens with one attached hydrogen (secondary N) is 1. The summed E-state index contributed by atoms with van der Waals surface area (Å²) in [5.41, 5.74) is 0.548. The molecule has 2 rings (SSSR count). The molecule has 0 amide bonds. The van der Waals surface area contributed by atoms with Crippen LogP contribution in [0.5, 0.6) is 0 Å². The second kappa shape index (κ2) is 6.03. The molecule has 1 atom stereocenters. The molecular weight excluding hydrogens is 238 g/mol. The topological polar surface area (TPSA) is 38.3 Å². The lowest BCUT2D eigenvalue weighted by molar-refractivity contribution is -0.151. The predicted molar refractivity (Wildman–Crippen MR) is 69.1 cm³/mol. The molecule has 94 valence electrons. The summed E-state index contributed by atoms with van der Waals surface area (Å²) in [7, 11) is 0. The van der Waals surface area contributed by atoms with Gasteiger partial charge in [0.05, 0.1) is 0 Å². The van der Waals surface area contributed by atoms with Crippen molar-refractivity contribution in [3.63, 3.8) is 0 Å². The third-order valence-electron chi connectivity index (χ3n) is 3.03. The van der Waals surface area contributed by atoms with Gasteiger partial charge in [0.25, 0.3) is 0 Å². The molecule has 1 fully saturated rings. The van der Waals surface area contributed by atoms with Crippen molar-refractivity contribution < 1.29 is 9.53 Å². The molecule has 1 heterocycles. The van der Waals surface area contributed by atoms with Crippen LogP contribution >= 0.6 is 12.4 Å². The Balaban J connectivity index is 0.00000144. The van der Waals surface area contributed by atoms with Gasteiger partial charge in [0.2, 0.25) is 0 Å². The van der Waals surface area contributed by atoms with E-state index in [0.29, 0.717) is 6.61 Å². The molecule has 0 unspecified atom stereocenters. The number of rotatable bonds is 3. The molecule has 0 bridgehead atoms. The first-order valence-corrected chi connectivity index (χ1v) is 5.67. The molecule has 1 saturated heterocycles. The van der Waals surface area contributed by atoms with Gasteiger partial charge >= 0.3 is 5.97 Å². The first-order valence-electron chi connectivity index (χ1n) is 5.67. The number of halogens is 1. The van der Waals surface area contributed by atoms with E-state index in [0.717, 1.165) is 24.9 Å². The van der Waals surface area contributed by atoms with Crippen LogP contribution in [0.3, 0.4) is 0 Å². The Labute approximate surface area is 108 Å². The Morgan fingerprint density at radius 1 is 1.41 bits per heavy atom. The number of ether oxygens (including phenoxy) is 1. The van der Waals surface area contributed by atoms with Crippen LogP contribution in [-0.2, 0) is 16.1 Å². The Bertz CT molecular complexity index is 361. The smallest absolute Gasteiger partial charge is 0.326 e. The van der Waals surface area contributed by atoms with Crippen LogP contribution in [-0.4, -0.2) is 18.1 Å². The molecule has 1 aromatic carbocycles. The SMILES string of the molecule is C[C@@]1(C(=O)OCc2ccccc2)CCCN1.Cl. The fraction of sp³-hybridized carbons (Fsp3) is 0.462. The molecule has 0 saturated carbocycles. The Kier molecular flexibility index (Phi) is 4.97. The van der Waals surface area contributed by atoms with Crippen molar-refractivity contribution in [2.24, 2.45) is 0 Å². The molecule has 4 heteroatoms. The van der Waals surface area contributed by atoms with E-state index in [-0.39, 0.29) is 18.4 Å². The van der Waals surface area contributed by atoms with Gasteiger partial charge in [-0.15, -0.1) is 12.4 Å². The number of carbonyl (C=O) groups excluding carboxylic acids is 1. The number of hydrogen-bond acceptors (Lipinski definition) is 3. The third kappa shape index (κ3) is 3.45. The Morgan fingerprint density at radius 3 is 2.71 bits per heavy atom. The molecule has 0 aromatic heterocycles. The van der Waals surface area contributed by atoms with Crippen LogP contribution in [0.15, 0.2) is 30.3 Å². The van der Waals surface area contributed by atoms with E-state index in [1.165, 1.54) is 0 Å². The van der Waals surface area contributed by atoms with E-state index in [2.05, 4.69) is 5.32 Å². The van der Waals surface area contributed by atoms with Gasteiger partial charge in [0.15, 0.2) is 0 Å². The molecule has 1 aromatic rings. The molecule has 1 aliphatic heterocycles. The zero-order valence-electron chi connectivity index (χ0n) is 9.94. The molecule has 0 radical (unpaired) electrons. The van der Waals surface area contributed by atoms with E-state index >= 15 is 0 Å². The van der Waals surface area contributed by atoms with Gasteiger partial charge in [-0.25, -0.2) is 0 Å². The second-order valence-corrected chi connectivity index (χ2v) is 4.42. The largest absolute Gasteiger partial charge is 0.459 e. The Hall–Kier alpha value is -1.06. The standard InChI is InChI=1S/C13H17NO2.ClH/c1-13(8-5-9-14-13)12(15)16-10-11-6-3-2-4-7-11;/h2-4,6-7,14H,5,8-10H2,1H3;1H/t13-;/m0./s1. The summed E-state index contributed by atoms with van der Waals surface area (Å²) in [6.07, 6.45) is 1.90. The van der Waals surface area contributed by atoms with Gasteiger partial charge in [0.1, 0.15) is 12.1 Å². The summed E-state index contributed by atoms with van der Waals surface area (Å²) in [6, 6.07) is 9.75. The van der Waals surface area contributed by atoms with Gasteiger partial charge in [0, 0.05) is 0 Å². The molecule has 3 nitrogen and oxygen atoms in total. The van der Waals surface area contributed by atoms with Crippen LogP contribution in [0.25, 0.3) is 0 Å². The zero-order valence-corrected chi connectivity index (χ0v) is 10.8. The van der Waals surface area contributed by atoms with Crippen LogP contribution in [0.1, 0.15) is 25.3 Å². The first kappa shape index (κ1) is 14.0. The summed E-state index contributed by atoms with van der Waals surface area (Å²) in [5.74, 6) is -0.145. The Morgan fingerprint density at radius 2 is 2.12 bits per heavy atom. The highest BCUT2D eigenvalue weighted by Crippen LogP contribution is 2.20. The third-order valence-corrected chi connectivity index (χ3v) is 3.03. The predicted octanol–water partition coefficient (Wildman–Crippen LogP) is 2.29. The summed E-state index contributed by atoms with van der Waals surface area (Å²) >= 11 is 0.